The van der Waals surface area contributed by atoms with Crippen molar-refractivity contribution in [1.29, 1.82) is 0 Å². The van der Waals surface area contributed by atoms with Crippen molar-refractivity contribution < 1.29 is 27.8 Å². The first-order valence-corrected chi connectivity index (χ1v) is 9.59. The van der Waals surface area contributed by atoms with Gasteiger partial charge in [0.2, 0.25) is 0 Å². The first-order valence-electron chi connectivity index (χ1n) is 8.15. The lowest BCUT2D eigenvalue weighted by Gasteiger charge is -2.27. The van der Waals surface area contributed by atoms with Gasteiger partial charge in [-0.25, -0.2) is 12.8 Å². The molecule has 0 saturated carbocycles. The molecule has 2 aromatic rings. The van der Waals surface area contributed by atoms with Crippen molar-refractivity contribution in [3.63, 3.8) is 0 Å². The van der Waals surface area contributed by atoms with E-state index in [-0.39, 0.29) is 30.2 Å². The number of aliphatic hydroxyl groups is 1. The molecule has 2 rings (SSSR count). The van der Waals surface area contributed by atoms with Gasteiger partial charge in [0.1, 0.15) is 5.82 Å². The van der Waals surface area contributed by atoms with Crippen molar-refractivity contribution in [2.24, 2.45) is 0 Å². The number of hydrogen-bond acceptors (Lipinski definition) is 5. The maximum Gasteiger partial charge on any atom is 0.317 e. The fourth-order valence-corrected chi connectivity index (χ4v) is 3.89. The van der Waals surface area contributed by atoms with E-state index < -0.39 is 27.9 Å². The number of anilines is 1. The van der Waals surface area contributed by atoms with Crippen LogP contribution in [-0.4, -0.2) is 50.3 Å². The van der Waals surface area contributed by atoms with Gasteiger partial charge >= 0.3 is 5.97 Å². The second-order valence-electron chi connectivity index (χ2n) is 6.00. The molecule has 1 atom stereocenters. The van der Waals surface area contributed by atoms with Crippen LogP contribution in [-0.2, 0) is 14.8 Å². The van der Waals surface area contributed by atoms with E-state index in [0.29, 0.717) is 0 Å². The van der Waals surface area contributed by atoms with E-state index in [1.54, 1.807) is 12.1 Å². The molecule has 7 nitrogen and oxygen atoms in total. The van der Waals surface area contributed by atoms with Gasteiger partial charge in [-0.2, -0.15) is 0 Å². The van der Waals surface area contributed by atoms with Crippen molar-refractivity contribution in [3.05, 3.63) is 59.9 Å². The number of carboxylic acid groups (broad SMARTS) is 1. The standard InChI is InChI=1S/C18H21FN2O5S/c1-13-2-8-17(9-3-13)27(25,26)21(15-6-4-14(19)5-7-15)12-16(22)10-20-11-18(23)24/h2-9,16,20,22H,10-12H2,1H3,(H,23,24)/t16-/m0/s1. The number of carbonyl (C=O) groups is 1. The highest BCUT2D eigenvalue weighted by atomic mass is 32.2. The van der Waals surface area contributed by atoms with Gasteiger partial charge in [0.05, 0.1) is 29.8 Å². The highest BCUT2D eigenvalue weighted by Gasteiger charge is 2.27. The molecule has 0 bridgehead atoms. The topological polar surface area (TPSA) is 107 Å². The van der Waals surface area contributed by atoms with Gasteiger partial charge in [-0.1, -0.05) is 17.7 Å². The van der Waals surface area contributed by atoms with Crippen LogP contribution < -0.4 is 9.62 Å². The summed E-state index contributed by atoms with van der Waals surface area (Å²) in [4.78, 5) is 10.6. The second kappa shape index (κ2) is 8.94. The van der Waals surface area contributed by atoms with Crippen molar-refractivity contribution in [2.75, 3.05) is 23.9 Å². The largest absolute Gasteiger partial charge is 0.480 e. The number of halogens is 1. The van der Waals surface area contributed by atoms with Gasteiger partial charge in [0, 0.05) is 6.54 Å². The number of carboxylic acids is 1. The predicted molar refractivity (Wildman–Crippen MR) is 98.6 cm³/mol. The van der Waals surface area contributed by atoms with E-state index in [2.05, 4.69) is 5.32 Å². The van der Waals surface area contributed by atoms with Crippen molar-refractivity contribution in [2.45, 2.75) is 17.9 Å². The highest BCUT2D eigenvalue weighted by Crippen LogP contribution is 2.24. The van der Waals surface area contributed by atoms with Crippen LogP contribution in [0.5, 0.6) is 0 Å². The molecule has 0 amide bonds. The highest BCUT2D eigenvalue weighted by molar-refractivity contribution is 7.92. The van der Waals surface area contributed by atoms with Crippen LogP contribution in [0.25, 0.3) is 0 Å². The molecule has 0 fully saturated rings. The Labute approximate surface area is 157 Å². The van der Waals surface area contributed by atoms with Gasteiger partial charge in [-0.15, -0.1) is 0 Å². The quantitative estimate of drug-likeness (QED) is 0.591. The van der Waals surface area contributed by atoms with Crippen LogP contribution in [0, 0.1) is 12.7 Å². The number of aliphatic hydroxyl groups excluding tert-OH is 1. The summed E-state index contributed by atoms with van der Waals surface area (Å²) in [7, 11) is -4.01. The maximum atomic E-state index is 13.2. The molecule has 0 unspecified atom stereocenters. The van der Waals surface area contributed by atoms with E-state index in [1.165, 1.54) is 24.3 Å². The van der Waals surface area contributed by atoms with Crippen molar-refractivity contribution >= 4 is 21.7 Å². The number of nitrogens with zero attached hydrogens (tertiary/aromatic N) is 1. The number of sulfonamides is 1. The third-order valence-electron chi connectivity index (χ3n) is 3.76. The summed E-state index contributed by atoms with van der Waals surface area (Å²) in [5.74, 6) is -1.61. The number of aliphatic carboxylic acids is 1. The molecule has 0 aliphatic carbocycles. The molecule has 0 saturated heterocycles. The van der Waals surface area contributed by atoms with Crippen LogP contribution in [0.2, 0.25) is 0 Å². The zero-order chi connectivity index (χ0) is 20.0. The van der Waals surface area contributed by atoms with Gasteiger partial charge in [0.25, 0.3) is 10.0 Å². The van der Waals surface area contributed by atoms with Crippen LogP contribution >= 0.6 is 0 Å². The smallest absolute Gasteiger partial charge is 0.317 e. The summed E-state index contributed by atoms with van der Waals surface area (Å²) < 4.78 is 40.3. The van der Waals surface area contributed by atoms with E-state index in [9.17, 15) is 22.7 Å². The summed E-state index contributed by atoms with van der Waals surface area (Å²) in [6.07, 6.45) is -1.17. The van der Waals surface area contributed by atoms with Crippen LogP contribution in [0.4, 0.5) is 10.1 Å². The molecule has 0 aliphatic heterocycles. The van der Waals surface area contributed by atoms with Crippen LogP contribution in [0.3, 0.4) is 0 Å². The van der Waals surface area contributed by atoms with Gasteiger partial charge in [0.15, 0.2) is 0 Å². The van der Waals surface area contributed by atoms with E-state index in [0.717, 1.165) is 22.0 Å². The average molecular weight is 396 g/mol. The molecular weight excluding hydrogens is 375 g/mol. The van der Waals surface area contributed by atoms with E-state index in [4.69, 9.17) is 5.11 Å². The molecule has 27 heavy (non-hydrogen) atoms. The minimum absolute atomic E-state index is 0.0307. The Balaban J connectivity index is 2.30. The molecule has 9 heteroatoms. The molecular formula is C18H21FN2O5S. The number of hydrogen-bond donors (Lipinski definition) is 3. The molecule has 2 aromatic carbocycles. The first-order chi connectivity index (χ1) is 12.7. The summed E-state index contributed by atoms with van der Waals surface area (Å²) in [6.45, 7) is 1.02. The van der Waals surface area contributed by atoms with Crippen LogP contribution in [0.15, 0.2) is 53.4 Å². The number of rotatable bonds is 9. The molecule has 3 N–H and O–H groups in total. The SMILES string of the molecule is Cc1ccc(S(=O)(=O)N(C[C@@H](O)CNCC(=O)O)c2ccc(F)cc2)cc1. The minimum atomic E-state index is -4.01. The molecule has 0 aromatic heterocycles. The van der Waals surface area contributed by atoms with Crippen molar-refractivity contribution in [3.8, 4) is 0 Å². The second-order valence-corrected chi connectivity index (χ2v) is 7.87. The zero-order valence-electron chi connectivity index (χ0n) is 14.7. The van der Waals surface area contributed by atoms with Gasteiger partial charge < -0.3 is 15.5 Å². The summed E-state index contributed by atoms with van der Waals surface area (Å²) in [6, 6.07) is 11.1. The Morgan fingerprint density at radius 1 is 1.15 bits per heavy atom. The Morgan fingerprint density at radius 3 is 2.30 bits per heavy atom. The fourth-order valence-electron chi connectivity index (χ4n) is 2.39. The first kappa shape index (κ1) is 20.8. The molecule has 0 aliphatic rings. The Hall–Kier alpha value is -2.49. The normalized spacial score (nSPS) is 12.6. The Bertz CT molecular complexity index is 870. The van der Waals surface area contributed by atoms with Crippen LogP contribution in [0.1, 0.15) is 5.56 Å². The van der Waals surface area contributed by atoms with E-state index >= 15 is 0 Å². The molecule has 0 heterocycles. The van der Waals surface area contributed by atoms with Gasteiger partial charge in [-0.05, 0) is 43.3 Å². The summed E-state index contributed by atoms with van der Waals surface area (Å²) in [5, 5.41) is 21.3. The Kier molecular flexibility index (Phi) is 6.89. The minimum Gasteiger partial charge on any atom is -0.480 e. The predicted octanol–water partition coefficient (Wildman–Crippen LogP) is 1.36. The Morgan fingerprint density at radius 2 is 1.74 bits per heavy atom. The zero-order valence-corrected chi connectivity index (χ0v) is 15.5. The van der Waals surface area contributed by atoms with E-state index in [1.807, 2.05) is 6.92 Å². The molecule has 146 valence electrons. The molecule has 0 radical (unpaired) electrons. The lowest BCUT2D eigenvalue weighted by molar-refractivity contribution is -0.136. The lowest BCUT2D eigenvalue weighted by Crippen LogP contribution is -2.42. The number of aryl methyl sites for hydroxylation is 1. The average Bonchev–Trinajstić information content (AvgIpc) is 2.60. The lowest BCUT2D eigenvalue weighted by atomic mass is 10.2. The summed E-state index contributed by atoms with van der Waals surface area (Å²) in [5.41, 5.74) is 1.08. The number of benzene rings is 2. The number of nitrogens with one attached hydrogen (secondary N) is 1. The summed E-state index contributed by atoms with van der Waals surface area (Å²) >= 11 is 0. The monoisotopic (exact) mass is 396 g/mol. The fraction of sp³-hybridized carbons (Fsp3) is 0.278. The third-order valence-corrected chi connectivity index (χ3v) is 5.56. The third kappa shape index (κ3) is 5.75. The van der Waals surface area contributed by atoms with Crippen molar-refractivity contribution in [1.82, 2.24) is 5.32 Å². The van der Waals surface area contributed by atoms with Gasteiger partial charge in [-0.3, -0.25) is 9.10 Å². The molecule has 0 spiro atoms. The maximum absolute atomic E-state index is 13.2.